The molecule has 1 saturated carbocycles. The van der Waals surface area contributed by atoms with E-state index in [2.05, 4.69) is 5.32 Å². The number of hydrogen-bond donors (Lipinski definition) is 1. The number of halogens is 2. The Labute approximate surface area is 134 Å². The Kier molecular flexibility index (Phi) is 5.14. The van der Waals surface area contributed by atoms with Gasteiger partial charge in [0.25, 0.3) is 0 Å². The molecule has 0 radical (unpaired) electrons. The van der Waals surface area contributed by atoms with Crippen molar-refractivity contribution in [3.05, 3.63) is 28.2 Å². The predicted molar refractivity (Wildman–Crippen MR) is 84.3 cm³/mol. The van der Waals surface area contributed by atoms with Crippen LogP contribution in [0.3, 0.4) is 0 Å². The van der Waals surface area contributed by atoms with Gasteiger partial charge in [-0.2, -0.15) is 4.31 Å². The number of carbonyl (C=O) groups is 1. The molecule has 8 heteroatoms. The zero-order valence-electron chi connectivity index (χ0n) is 11.5. The van der Waals surface area contributed by atoms with Gasteiger partial charge in [0.15, 0.2) is 0 Å². The maximum Gasteiger partial charge on any atom is 0.225 e. The van der Waals surface area contributed by atoms with Gasteiger partial charge >= 0.3 is 0 Å². The number of amides is 1. The van der Waals surface area contributed by atoms with Crippen molar-refractivity contribution in [3.63, 3.8) is 0 Å². The molecule has 0 unspecified atom stereocenters. The molecule has 1 aliphatic rings. The molecule has 1 aliphatic carbocycles. The lowest BCUT2D eigenvalue weighted by Crippen LogP contribution is -2.34. The lowest BCUT2D eigenvalue weighted by atomic mass is 10.3. The zero-order chi connectivity index (χ0) is 15.6. The third-order valence-corrected chi connectivity index (χ3v) is 5.32. The fraction of sp³-hybridized carbons (Fsp3) is 0.462. The second-order valence-electron chi connectivity index (χ2n) is 5.00. The Morgan fingerprint density at radius 1 is 1.38 bits per heavy atom. The van der Waals surface area contributed by atoms with Crippen molar-refractivity contribution in [1.82, 2.24) is 4.31 Å². The fourth-order valence-electron chi connectivity index (χ4n) is 2.01. The molecule has 1 amide bonds. The first-order chi connectivity index (χ1) is 9.79. The normalized spacial score (nSPS) is 15.2. The van der Waals surface area contributed by atoms with Gasteiger partial charge in [-0.3, -0.25) is 4.79 Å². The van der Waals surface area contributed by atoms with Crippen molar-refractivity contribution in [2.24, 2.45) is 0 Å². The first kappa shape index (κ1) is 16.5. The van der Waals surface area contributed by atoms with E-state index in [1.165, 1.54) is 4.31 Å². The van der Waals surface area contributed by atoms with Gasteiger partial charge < -0.3 is 5.32 Å². The van der Waals surface area contributed by atoms with Gasteiger partial charge in [0.2, 0.25) is 15.9 Å². The van der Waals surface area contributed by atoms with E-state index >= 15 is 0 Å². The number of sulfonamides is 1. The number of hydrogen-bond acceptors (Lipinski definition) is 3. The highest BCUT2D eigenvalue weighted by atomic mass is 35.5. The maximum atomic E-state index is 11.9. The molecule has 0 spiro atoms. The Morgan fingerprint density at radius 3 is 2.62 bits per heavy atom. The molecule has 0 bridgehead atoms. The summed E-state index contributed by atoms with van der Waals surface area (Å²) in [7, 11) is -3.28. The monoisotopic (exact) mass is 350 g/mol. The van der Waals surface area contributed by atoms with Crippen LogP contribution >= 0.6 is 23.2 Å². The molecule has 1 fully saturated rings. The number of carbonyl (C=O) groups excluding carboxylic acids is 1. The Morgan fingerprint density at radius 2 is 2.05 bits per heavy atom. The van der Waals surface area contributed by atoms with Gasteiger partial charge in [0.05, 0.1) is 22.0 Å². The minimum atomic E-state index is -3.28. The molecule has 0 atom stereocenters. The number of rotatable bonds is 6. The molecular weight excluding hydrogens is 335 g/mol. The van der Waals surface area contributed by atoms with Crippen LogP contribution in [0, 0.1) is 0 Å². The summed E-state index contributed by atoms with van der Waals surface area (Å²) in [5, 5.41) is 3.27. The van der Waals surface area contributed by atoms with Gasteiger partial charge in [0, 0.05) is 19.0 Å². The topological polar surface area (TPSA) is 66.5 Å². The molecule has 1 N–H and O–H groups in total. The van der Waals surface area contributed by atoms with Crippen LogP contribution in [0.5, 0.6) is 0 Å². The summed E-state index contributed by atoms with van der Waals surface area (Å²) in [5.74, 6) is -0.298. The number of anilines is 1. The van der Waals surface area contributed by atoms with E-state index in [1.54, 1.807) is 18.2 Å². The minimum Gasteiger partial charge on any atom is -0.325 e. The van der Waals surface area contributed by atoms with Gasteiger partial charge in [-0.25, -0.2) is 8.42 Å². The molecular formula is C13H16Cl2N2O3S. The minimum absolute atomic E-state index is 0.0440. The van der Waals surface area contributed by atoms with Crippen LogP contribution < -0.4 is 5.32 Å². The van der Waals surface area contributed by atoms with E-state index in [-0.39, 0.29) is 29.9 Å². The van der Waals surface area contributed by atoms with E-state index in [0.717, 1.165) is 19.1 Å². The standard InChI is InChI=1S/C13H16Cl2N2O3S/c1-21(19,20)17(9-5-6-9)8-7-12(18)16-11-4-2-3-10(14)13(11)15/h2-4,9H,5-8H2,1H3,(H,16,18). The predicted octanol–water partition coefficient (Wildman–Crippen LogP) is 2.75. The first-order valence-electron chi connectivity index (χ1n) is 6.49. The molecule has 0 aromatic heterocycles. The van der Waals surface area contributed by atoms with Gasteiger partial charge in [-0.05, 0) is 25.0 Å². The second kappa shape index (κ2) is 6.52. The molecule has 1 aromatic rings. The van der Waals surface area contributed by atoms with Crippen molar-refractivity contribution in [2.45, 2.75) is 25.3 Å². The highest BCUT2D eigenvalue weighted by Gasteiger charge is 2.34. The summed E-state index contributed by atoms with van der Waals surface area (Å²) in [6, 6.07) is 4.98. The second-order valence-corrected chi connectivity index (χ2v) is 7.72. The van der Waals surface area contributed by atoms with Crippen LogP contribution in [-0.2, 0) is 14.8 Å². The lowest BCUT2D eigenvalue weighted by Gasteiger charge is -2.19. The molecule has 21 heavy (non-hydrogen) atoms. The molecule has 116 valence electrons. The summed E-state index contributed by atoms with van der Waals surface area (Å²) >= 11 is 11.8. The largest absolute Gasteiger partial charge is 0.325 e. The molecule has 5 nitrogen and oxygen atoms in total. The Bertz CT molecular complexity index is 645. The highest BCUT2D eigenvalue weighted by molar-refractivity contribution is 7.88. The first-order valence-corrected chi connectivity index (χ1v) is 9.10. The van der Waals surface area contributed by atoms with Crippen LogP contribution in [0.2, 0.25) is 10.0 Å². The summed E-state index contributed by atoms with van der Waals surface area (Å²) in [6.45, 7) is 0.174. The number of nitrogens with one attached hydrogen (secondary N) is 1. The highest BCUT2D eigenvalue weighted by Crippen LogP contribution is 2.30. The summed E-state index contributed by atoms with van der Waals surface area (Å²) in [5.41, 5.74) is 0.423. The average Bonchev–Trinajstić information content (AvgIpc) is 3.18. The number of benzene rings is 1. The van der Waals surface area contributed by atoms with Crippen LogP contribution in [0.4, 0.5) is 5.69 Å². The molecule has 2 rings (SSSR count). The van der Waals surface area contributed by atoms with Crippen molar-refractivity contribution < 1.29 is 13.2 Å². The third kappa shape index (κ3) is 4.57. The van der Waals surface area contributed by atoms with Crippen molar-refractivity contribution in [3.8, 4) is 0 Å². The van der Waals surface area contributed by atoms with Crippen molar-refractivity contribution in [1.29, 1.82) is 0 Å². The summed E-state index contributed by atoms with van der Waals surface area (Å²) < 4.78 is 24.7. The van der Waals surface area contributed by atoms with E-state index < -0.39 is 10.0 Å². The third-order valence-electron chi connectivity index (χ3n) is 3.17. The van der Waals surface area contributed by atoms with Crippen molar-refractivity contribution >= 4 is 44.8 Å². The van der Waals surface area contributed by atoms with Crippen LogP contribution in [0.1, 0.15) is 19.3 Å². The zero-order valence-corrected chi connectivity index (χ0v) is 13.8. The fourth-order valence-corrected chi connectivity index (χ4v) is 3.53. The van der Waals surface area contributed by atoms with Gasteiger partial charge in [0.1, 0.15) is 0 Å². The number of nitrogens with zero attached hydrogens (tertiary/aromatic N) is 1. The molecule has 0 heterocycles. The molecule has 0 aliphatic heterocycles. The SMILES string of the molecule is CS(=O)(=O)N(CCC(=O)Nc1cccc(Cl)c1Cl)C1CC1. The van der Waals surface area contributed by atoms with Crippen LogP contribution in [-0.4, -0.2) is 37.5 Å². The van der Waals surface area contributed by atoms with E-state index in [0.29, 0.717) is 10.7 Å². The summed E-state index contributed by atoms with van der Waals surface area (Å²) in [6.07, 6.45) is 2.95. The smallest absolute Gasteiger partial charge is 0.225 e. The van der Waals surface area contributed by atoms with Crippen LogP contribution in [0.15, 0.2) is 18.2 Å². The lowest BCUT2D eigenvalue weighted by molar-refractivity contribution is -0.116. The van der Waals surface area contributed by atoms with Gasteiger partial charge in [-0.15, -0.1) is 0 Å². The Hall–Kier alpha value is -0.820. The van der Waals surface area contributed by atoms with Crippen LogP contribution in [0.25, 0.3) is 0 Å². The average molecular weight is 351 g/mol. The Balaban J connectivity index is 1.94. The molecule has 0 saturated heterocycles. The van der Waals surface area contributed by atoms with Gasteiger partial charge in [-0.1, -0.05) is 29.3 Å². The summed E-state index contributed by atoms with van der Waals surface area (Å²) in [4.78, 5) is 11.9. The quantitative estimate of drug-likeness (QED) is 0.857. The van der Waals surface area contributed by atoms with E-state index in [1.807, 2.05) is 0 Å². The maximum absolute atomic E-state index is 11.9. The molecule has 1 aromatic carbocycles. The van der Waals surface area contributed by atoms with E-state index in [4.69, 9.17) is 23.2 Å². The van der Waals surface area contributed by atoms with E-state index in [9.17, 15) is 13.2 Å². The van der Waals surface area contributed by atoms with Crippen molar-refractivity contribution in [2.75, 3.05) is 18.1 Å².